The second kappa shape index (κ2) is 11.8. The lowest BCUT2D eigenvalue weighted by molar-refractivity contribution is -0.129. The number of piperidine rings is 1. The first kappa shape index (κ1) is 29.3. The number of hydrogen-bond donors (Lipinski definition) is 3. The molecule has 0 aliphatic carbocycles. The Morgan fingerprint density at radius 2 is 1.85 bits per heavy atom. The van der Waals surface area contributed by atoms with Gasteiger partial charge in [-0.3, -0.25) is 4.72 Å². The summed E-state index contributed by atoms with van der Waals surface area (Å²) >= 11 is 0. The lowest BCUT2D eigenvalue weighted by atomic mass is 10.1. The molecule has 0 spiro atoms. The largest absolute Gasteiger partial charge is 0.435 e. The van der Waals surface area contributed by atoms with E-state index in [1.165, 1.54) is 35.3 Å². The van der Waals surface area contributed by atoms with Crippen LogP contribution in [-0.4, -0.2) is 60.6 Å². The molecule has 1 unspecified atom stereocenters. The van der Waals surface area contributed by atoms with Crippen LogP contribution in [0.5, 0.6) is 11.6 Å². The number of alkyl halides is 4. The lowest BCUT2D eigenvalue weighted by Gasteiger charge is -2.26. The summed E-state index contributed by atoms with van der Waals surface area (Å²) in [6.45, 7) is 0.707. The average Bonchev–Trinajstić information content (AvgIpc) is 2.89. The van der Waals surface area contributed by atoms with E-state index in [-0.39, 0.29) is 42.1 Å². The molecule has 1 aliphatic heterocycles. The summed E-state index contributed by atoms with van der Waals surface area (Å²) in [7, 11) is -4.88. The predicted octanol–water partition coefficient (Wildman–Crippen LogP) is 4.55. The first-order valence-electron chi connectivity index (χ1n) is 11.6. The van der Waals surface area contributed by atoms with Crippen molar-refractivity contribution in [3.8, 4) is 22.9 Å². The number of ether oxygens (including phenoxy) is 1. The Hall–Kier alpha value is -3.73. The van der Waals surface area contributed by atoms with Crippen LogP contribution in [0.3, 0.4) is 0 Å². The van der Waals surface area contributed by atoms with Crippen LogP contribution in [0, 0.1) is 17.5 Å². The van der Waals surface area contributed by atoms with Gasteiger partial charge in [-0.25, -0.2) is 36.5 Å². The molecule has 40 heavy (non-hydrogen) atoms. The van der Waals surface area contributed by atoms with Crippen molar-refractivity contribution in [1.82, 2.24) is 20.3 Å². The van der Waals surface area contributed by atoms with Crippen molar-refractivity contribution in [2.24, 2.45) is 0 Å². The maximum absolute atomic E-state index is 14.8. The van der Waals surface area contributed by atoms with Crippen LogP contribution in [0.2, 0.25) is 0 Å². The maximum Gasteiger partial charge on any atom is 0.390 e. The van der Waals surface area contributed by atoms with Gasteiger partial charge in [0.2, 0.25) is 27.7 Å². The molecule has 3 N–H and O–H groups in total. The number of nitrogens with zero attached hydrogens (tertiary/aromatic N) is 3. The van der Waals surface area contributed by atoms with E-state index >= 15 is 0 Å². The molecule has 1 fully saturated rings. The molecule has 0 bridgehead atoms. The van der Waals surface area contributed by atoms with Gasteiger partial charge < -0.3 is 15.4 Å². The Labute approximate surface area is 223 Å². The molecule has 2 aromatic heterocycles. The molecule has 9 nitrogen and oxygen atoms in total. The third-order valence-corrected chi connectivity index (χ3v) is 6.83. The molecular formula is C23H21F7N6O3S. The van der Waals surface area contributed by atoms with Gasteiger partial charge in [0.25, 0.3) is 0 Å². The number of pyridine rings is 1. The Morgan fingerprint density at radius 3 is 2.58 bits per heavy atom. The lowest BCUT2D eigenvalue weighted by Crippen LogP contribution is -2.44. The van der Waals surface area contributed by atoms with Crippen LogP contribution in [0.4, 0.5) is 42.4 Å². The molecule has 3 aromatic rings. The van der Waals surface area contributed by atoms with Crippen LogP contribution in [0.25, 0.3) is 11.3 Å². The van der Waals surface area contributed by atoms with Crippen molar-refractivity contribution >= 4 is 21.7 Å². The fourth-order valence-corrected chi connectivity index (χ4v) is 4.83. The van der Waals surface area contributed by atoms with Gasteiger partial charge in [-0.15, -0.1) is 0 Å². The number of hydrogen-bond acceptors (Lipinski definition) is 8. The van der Waals surface area contributed by atoms with Crippen LogP contribution < -0.4 is 20.1 Å². The van der Waals surface area contributed by atoms with Crippen LogP contribution >= 0.6 is 0 Å². The summed E-state index contributed by atoms with van der Waals surface area (Å²) in [6.07, 6.45) is -4.84. The third-order valence-electron chi connectivity index (χ3n) is 5.58. The minimum absolute atomic E-state index is 0.138. The fraction of sp³-hybridized carbons (Fsp3) is 0.348. The van der Waals surface area contributed by atoms with Gasteiger partial charge in [-0.1, -0.05) is 0 Å². The van der Waals surface area contributed by atoms with E-state index in [1.54, 1.807) is 0 Å². The van der Waals surface area contributed by atoms with E-state index < -0.39 is 63.4 Å². The molecule has 1 aliphatic rings. The van der Waals surface area contributed by atoms with Crippen LogP contribution in [-0.2, 0) is 10.0 Å². The summed E-state index contributed by atoms with van der Waals surface area (Å²) in [4.78, 5) is 12.4. The Balaban J connectivity index is 1.57. The van der Waals surface area contributed by atoms with E-state index in [0.29, 0.717) is 12.6 Å². The standard InChI is InChI=1S/C23H21F7N6O3S/c24-12-8-13(11-31-10-12)34-22-33-6-3-16(35-22)14-2-1-5-32-21(14)39-17-9-15(25)20(19(27)18(17)26)36-40(37,38)7-4-23(28,29)30/h1-3,5-6,9,12-13,31,36H,4,7-8,10-11H2,(H,33,34,35)/t12-,13?/m0/s1. The highest BCUT2D eigenvalue weighted by Crippen LogP contribution is 2.36. The Bertz CT molecular complexity index is 1480. The summed E-state index contributed by atoms with van der Waals surface area (Å²) < 4.78 is 125. The van der Waals surface area contributed by atoms with E-state index in [4.69, 9.17) is 4.74 Å². The van der Waals surface area contributed by atoms with Gasteiger partial charge in [0.05, 0.1) is 23.4 Å². The zero-order valence-electron chi connectivity index (χ0n) is 20.3. The molecular weight excluding hydrogens is 573 g/mol. The first-order chi connectivity index (χ1) is 18.8. The maximum atomic E-state index is 14.8. The van der Waals surface area contributed by atoms with Crippen LogP contribution in [0.1, 0.15) is 12.8 Å². The quantitative estimate of drug-likeness (QED) is 0.244. The highest BCUT2D eigenvalue weighted by molar-refractivity contribution is 7.92. The number of anilines is 2. The molecule has 2 atom stereocenters. The summed E-state index contributed by atoms with van der Waals surface area (Å²) in [5.41, 5.74) is -1.15. The van der Waals surface area contributed by atoms with Crippen LogP contribution in [0.15, 0.2) is 36.7 Å². The molecule has 216 valence electrons. The predicted molar refractivity (Wildman–Crippen MR) is 130 cm³/mol. The van der Waals surface area contributed by atoms with Gasteiger partial charge in [0, 0.05) is 44.0 Å². The number of nitrogens with one attached hydrogen (secondary N) is 3. The Morgan fingerprint density at radius 1 is 1.07 bits per heavy atom. The van der Waals surface area contributed by atoms with E-state index in [0.717, 1.165) is 0 Å². The normalized spacial score (nSPS) is 17.9. The molecule has 1 aromatic carbocycles. The molecule has 1 saturated heterocycles. The smallest absolute Gasteiger partial charge is 0.390 e. The molecule has 4 rings (SSSR count). The minimum Gasteiger partial charge on any atom is -0.435 e. The van der Waals surface area contributed by atoms with E-state index in [1.807, 2.05) is 0 Å². The van der Waals surface area contributed by atoms with Gasteiger partial charge in [-0.2, -0.15) is 17.6 Å². The number of halogens is 7. The number of sulfonamides is 1. The monoisotopic (exact) mass is 594 g/mol. The first-order valence-corrected chi connectivity index (χ1v) is 13.3. The van der Waals surface area contributed by atoms with Crippen molar-refractivity contribution in [2.75, 3.05) is 28.9 Å². The van der Waals surface area contributed by atoms with Gasteiger partial charge >= 0.3 is 6.18 Å². The summed E-state index contributed by atoms with van der Waals surface area (Å²) in [5.74, 6) is -8.28. The molecule has 3 heterocycles. The van der Waals surface area contributed by atoms with Gasteiger partial charge in [0.15, 0.2) is 17.4 Å². The number of benzene rings is 1. The van der Waals surface area contributed by atoms with E-state index in [2.05, 4.69) is 25.6 Å². The zero-order chi connectivity index (χ0) is 29.1. The van der Waals surface area contributed by atoms with Crippen molar-refractivity contribution < 1.29 is 43.9 Å². The van der Waals surface area contributed by atoms with E-state index in [9.17, 15) is 39.2 Å². The molecule has 17 heteroatoms. The third kappa shape index (κ3) is 7.47. The highest BCUT2D eigenvalue weighted by atomic mass is 32.2. The molecule has 0 amide bonds. The van der Waals surface area contributed by atoms with Gasteiger partial charge in [0.1, 0.15) is 11.9 Å². The van der Waals surface area contributed by atoms with Crippen molar-refractivity contribution in [1.29, 1.82) is 0 Å². The highest BCUT2D eigenvalue weighted by Gasteiger charge is 2.31. The van der Waals surface area contributed by atoms with Crippen molar-refractivity contribution in [3.05, 3.63) is 54.1 Å². The Kier molecular flexibility index (Phi) is 8.62. The number of rotatable bonds is 9. The van der Waals surface area contributed by atoms with Gasteiger partial charge in [-0.05, 0) is 18.2 Å². The van der Waals surface area contributed by atoms with Crippen molar-refractivity contribution in [3.63, 3.8) is 0 Å². The second-order valence-corrected chi connectivity index (χ2v) is 10.5. The summed E-state index contributed by atoms with van der Waals surface area (Å²) in [6, 6.07) is 4.40. The average molecular weight is 595 g/mol. The fourth-order valence-electron chi connectivity index (χ4n) is 3.73. The topological polar surface area (TPSA) is 118 Å². The minimum atomic E-state index is -4.88. The zero-order valence-corrected chi connectivity index (χ0v) is 21.1. The SMILES string of the molecule is O=S(=O)(CCC(F)(F)F)Nc1c(F)cc(Oc2ncccc2-c2ccnc(NC3CNC[C@@H](F)C3)n2)c(F)c1F. The molecule has 0 radical (unpaired) electrons. The second-order valence-electron chi connectivity index (χ2n) is 8.70. The number of aromatic nitrogens is 3. The summed E-state index contributed by atoms with van der Waals surface area (Å²) in [5, 5.41) is 5.92. The molecule has 0 saturated carbocycles. The van der Waals surface area contributed by atoms with Crippen molar-refractivity contribution in [2.45, 2.75) is 31.2 Å².